The highest BCUT2D eigenvalue weighted by Gasteiger charge is 2.17. The number of hydrogen-bond donors (Lipinski definition) is 3. The van der Waals surface area contributed by atoms with Crippen molar-refractivity contribution in [2.24, 2.45) is 5.10 Å². The number of nitrogens with one attached hydrogen (secondary N) is 3. The number of thioether (sulfide) groups is 1. The molecule has 31 heavy (non-hydrogen) atoms. The normalized spacial score (nSPS) is 11.8. The predicted molar refractivity (Wildman–Crippen MR) is 114 cm³/mol. The van der Waals surface area contributed by atoms with Crippen LogP contribution in [0.2, 0.25) is 0 Å². The van der Waals surface area contributed by atoms with Gasteiger partial charge in [0.1, 0.15) is 5.75 Å². The minimum atomic E-state index is -0.725. The van der Waals surface area contributed by atoms with Gasteiger partial charge in [-0.3, -0.25) is 14.6 Å². The molecule has 1 heterocycles. The number of carbonyl (C=O) groups excluding carboxylic acids is 2. The van der Waals surface area contributed by atoms with Crippen LogP contribution in [0.1, 0.15) is 22.8 Å². The van der Waals surface area contributed by atoms with Crippen LogP contribution in [0, 0.1) is 0 Å². The molecule has 3 aromatic rings. The van der Waals surface area contributed by atoms with Crippen molar-refractivity contribution in [3.63, 3.8) is 0 Å². The summed E-state index contributed by atoms with van der Waals surface area (Å²) in [7, 11) is 0. The molecule has 158 valence electrons. The monoisotopic (exact) mass is 439 g/mol. The van der Waals surface area contributed by atoms with Crippen molar-refractivity contribution in [3.05, 3.63) is 86.6 Å². The van der Waals surface area contributed by atoms with Crippen LogP contribution in [0.5, 0.6) is 5.75 Å². The molecular weight excluding hydrogens is 422 g/mol. The van der Waals surface area contributed by atoms with E-state index in [2.05, 4.69) is 20.7 Å². The molecule has 0 bridgehead atoms. The number of aromatic nitrogens is 3. The SMILES string of the molecule is CC(Sc1n[nH]c(=O)[nH]c1=O)C(=O)N/N=C/c1ccc(OC(=O)c2ccccc2)cc1. The van der Waals surface area contributed by atoms with E-state index in [1.54, 1.807) is 55.5 Å². The van der Waals surface area contributed by atoms with E-state index in [1.165, 1.54) is 6.21 Å². The summed E-state index contributed by atoms with van der Waals surface area (Å²) in [6, 6.07) is 15.2. The standard InChI is InChI=1S/C20H17N5O5S/c1-12(31-18-17(27)22-20(29)25-24-18)16(26)23-21-11-13-7-9-15(10-8-13)30-19(28)14-5-3-2-4-6-14/h2-12H,1H3,(H,23,26)(H2,22,25,27,29)/b21-11+. The molecule has 2 aromatic carbocycles. The lowest BCUT2D eigenvalue weighted by Gasteiger charge is -2.07. The molecule has 0 saturated carbocycles. The van der Waals surface area contributed by atoms with Gasteiger partial charge in [-0.1, -0.05) is 30.0 Å². The Morgan fingerprint density at radius 2 is 1.84 bits per heavy atom. The summed E-state index contributed by atoms with van der Waals surface area (Å²) in [4.78, 5) is 48.8. The largest absolute Gasteiger partial charge is 0.423 e. The Kier molecular flexibility index (Phi) is 7.12. The number of nitrogens with zero attached hydrogens (tertiary/aromatic N) is 2. The van der Waals surface area contributed by atoms with Crippen LogP contribution < -0.4 is 21.4 Å². The molecule has 0 aliphatic heterocycles. The van der Waals surface area contributed by atoms with Crippen LogP contribution >= 0.6 is 11.8 Å². The van der Waals surface area contributed by atoms with Crippen LogP contribution in [0.25, 0.3) is 0 Å². The van der Waals surface area contributed by atoms with Crippen LogP contribution in [0.4, 0.5) is 0 Å². The van der Waals surface area contributed by atoms with Crippen molar-refractivity contribution in [2.45, 2.75) is 17.2 Å². The molecule has 1 unspecified atom stereocenters. The summed E-state index contributed by atoms with van der Waals surface area (Å²) < 4.78 is 5.29. The number of hydrazone groups is 1. The van der Waals surface area contributed by atoms with E-state index in [4.69, 9.17) is 4.74 Å². The molecule has 10 nitrogen and oxygen atoms in total. The molecule has 1 atom stereocenters. The van der Waals surface area contributed by atoms with Crippen LogP contribution in [0.15, 0.2) is 74.3 Å². The molecule has 0 aliphatic rings. The lowest BCUT2D eigenvalue weighted by atomic mass is 10.2. The van der Waals surface area contributed by atoms with Crippen molar-refractivity contribution < 1.29 is 14.3 Å². The molecule has 11 heteroatoms. The second-order valence-electron chi connectivity index (χ2n) is 6.13. The summed E-state index contributed by atoms with van der Waals surface area (Å²) in [5, 5.41) is 8.85. The van der Waals surface area contributed by atoms with E-state index in [0.29, 0.717) is 16.9 Å². The maximum atomic E-state index is 12.1. The summed E-state index contributed by atoms with van der Waals surface area (Å²) >= 11 is 0.880. The molecule has 3 rings (SSSR count). The molecule has 0 radical (unpaired) electrons. The Labute approximate surface area is 179 Å². The average Bonchev–Trinajstić information content (AvgIpc) is 2.77. The number of H-pyrrole nitrogens is 2. The summed E-state index contributed by atoms with van der Waals surface area (Å²) in [6.07, 6.45) is 1.42. The summed E-state index contributed by atoms with van der Waals surface area (Å²) in [6.45, 7) is 1.57. The second-order valence-corrected chi connectivity index (χ2v) is 7.46. The van der Waals surface area contributed by atoms with Gasteiger partial charge in [0.2, 0.25) is 0 Å². The fourth-order valence-corrected chi connectivity index (χ4v) is 3.01. The number of carbonyl (C=O) groups is 2. The quantitative estimate of drug-likeness (QED) is 0.165. The number of esters is 1. The van der Waals surface area contributed by atoms with Crippen molar-refractivity contribution >= 4 is 29.9 Å². The van der Waals surface area contributed by atoms with Crippen molar-refractivity contribution in [3.8, 4) is 5.75 Å². The number of ether oxygens (including phenoxy) is 1. The third-order valence-electron chi connectivity index (χ3n) is 3.83. The Morgan fingerprint density at radius 3 is 2.52 bits per heavy atom. The van der Waals surface area contributed by atoms with Crippen molar-refractivity contribution in [1.82, 2.24) is 20.6 Å². The van der Waals surface area contributed by atoms with E-state index >= 15 is 0 Å². The van der Waals surface area contributed by atoms with Crippen molar-refractivity contribution in [2.75, 3.05) is 0 Å². The van der Waals surface area contributed by atoms with E-state index in [0.717, 1.165) is 11.8 Å². The molecule has 3 N–H and O–H groups in total. The first-order valence-corrected chi connectivity index (χ1v) is 9.86. The van der Waals surface area contributed by atoms with Gasteiger partial charge in [0, 0.05) is 0 Å². The van der Waals surface area contributed by atoms with E-state index in [-0.39, 0.29) is 5.03 Å². The van der Waals surface area contributed by atoms with Crippen LogP contribution in [0.3, 0.4) is 0 Å². The average molecular weight is 439 g/mol. The van der Waals surface area contributed by atoms with Gasteiger partial charge >= 0.3 is 11.7 Å². The molecule has 1 aromatic heterocycles. The first kappa shape index (κ1) is 21.7. The molecule has 0 fully saturated rings. The first-order chi connectivity index (χ1) is 14.9. The maximum absolute atomic E-state index is 12.1. The number of rotatable bonds is 7. The van der Waals surface area contributed by atoms with Gasteiger partial charge in [-0.2, -0.15) is 10.2 Å². The predicted octanol–water partition coefficient (Wildman–Crippen LogP) is 1.31. The number of aromatic amines is 2. The molecule has 0 spiro atoms. The van der Waals surface area contributed by atoms with Crippen LogP contribution in [-0.4, -0.2) is 38.5 Å². The van der Waals surface area contributed by atoms with Crippen molar-refractivity contribution in [1.29, 1.82) is 0 Å². The first-order valence-electron chi connectivity index (χ1n) is 8.98. The minimum absolute atomic E-state index is 0.0353. The zero-order chi connectivity index (χ0) is 22.2. The highest BCUT2D eigenvalue weighted by atomic mass is 32.2. The lowest BCUT2D eigenvalue weighted by Crippen LogP contribution is -2.30. The fourth-order valence-electron chi connectivity index (χ4n) is 2.26. The zero-order valence-corrected chi connectivity index (χ0v) is 17.0. The minimum Gasteiger partial charge on any atom is -0.423 e. The van der Waals surface area contributed by atoms with E-state index in [1.807, 2.05) is 11.1 Å². The number of benzene rings is 2. The Balaban J connectivity index is 1.52. The smallest absolute Gasteiger partial charge is 0.343 e. The zero-order valence-electron chi connectivity index (χ0n) is 16.2. The van der Waals surface area contributed by atoms with Gasteiger partial charge in [-0.05, 0) is 48.9 Å². The molecule has 0 aliphatic carbocycles. The summed E-state index contributed by atoms with van der Waals surface area (Å²) in [5.41, 5.74) is 2.07. The van der Waals surface area contributed by atoms with E-state index in [9.17, 15) is 19.2 Å². The fraction of sp³-hybridized carbons (Fsp3) is 0.100. The van der Waals surface area contributed by atoms with Gasteiger partial charge in [0.15, 0.2) is 5.03 Å². The highest BCUT2D eigenvalue weighted by molar-refractivity contribution is 8.00. The number of amides is 1. The topological polar surface area (TPSA) is 146 Å². The Bertz CT molecular complexity index is 1200. The van der Waals surface area contributed by atoms with Gasteiger partial charge in [-0.25, -0.2) is 20.1 Å². The van der Waals surface area contributed by atoms with Gasteiger partial charge < -0.3 is 4.74 Å². The number of hydrogen-bond acceptors (Lipinski definition) is 8. The van der Waals surface area contributed by atoms with Gasteiger partial charge in [0.25, 0.3) is 11.5 Å². The highest BCUT2D eigenvalue weighted by Crippen LogP contribution is 2.16. The Morgan fingerprint density at radius 1 is 1.13 bits per heavy atom. The molecule has 1 amide bonds. The molecule has 0 saturated heterocycles. The Hall–Kier alpha value is -3.99. The van der Waals surface area contributed by atoms with Gasteiger partial charge in [-0.15, -0.1) is 0 Å². The third kappa shape index (κ3) is 6.24. The lowest BCUT2D eigenvalue weighted by molar-refractivity contribution is -0.120. The summed E-state index contributed by atoms with van der Waals surface area (Å²) in [5.74, 6) is -0.544. The van der Waals surface area contributed by atoms with E-state index < -0.39 is 28.4 Å². The maximum Gasteiger partial charge on any atom is 0.343 e. The van der Waals surface area contributed by atoms with Crippen LogP contribution in [-0.2, 0) is 4.79 Å². The van der Waals surface area contributed by atoms with Gasteiger partial charge in [0.05, 0.1) is 17.0 Å². The molecular formula is C20H17N5O5S. The third-order valence-corrected chi connectivity index (χ3v) is 4.89. The second kappa shape index (κ2) is 10.2.